The van der Waals surface area contributed by atoms with E-state index in [1.165, 1.54) is 11.8 Å². The number of hydrogen-bond donors (Lipinski definition) is 1. The highest BCUT2D eigenvalue weighted by molar-refractivity contribution is 6.30. The number of rotatable bonds is 6. The fourth-order valence-corrected chi connectivity index (χ4v) is 2.57. The number of para-hydroxylation sites is 1. The zero-order chi connectivity index (χ0) is 18.2. The molecule has 2 aromatic rings. The Labute approximate surface area is 151 Å². The number of nitrogens with one attached hydrogen (secondary N) is 1. The predicted octanol–water partition coefficient (Wildman–Crippen LogP) is 3.24. The van der Waals surface area contributed by atoms with E-state index in [0.29, 0.717) is 29.2 Å². The van der Waals surface area contributed by atoms with Crippen molar-refractivity contribution in [3.8, 4) is 6.07 Å². The van der Waals surface area contributed by atoms with Gasteiger partial charge in [-0.1, -0.05) is 35.9 Å². The molecular weight excluding hydrogens is 338 g/mol. The first kappa shape index (κ1) is 18.5. The number of benzene rings is 2. The molecule has 1 N–H and O–H groups in total. The molecule has 2 rings (SSSR count). The Bertz CT molecular complexity index is 814. The van der Waals surface area contributed by atoms with Crippen LogP contribution in [0.25, 0.3) is 0 Å². The van der Waals surface area contributed by atoms with Crippen molar-refractivity contribution in [1.82, 2.24) is 4.90 Å². The minimum absolute atomic E-state index is 0.0737. The highest BCUT2D eigenvalue weighted by Gasteiger charge is 2.15. The maximum atomic E-state index is 12.2. The Hall–Kier alpha value is -2.84. The molecule has 0 aliphatic rings. The molecule has 0 radical (unpaired) electrons. The van der Waals surface area contributed by atoms with Gasteiger partial charge in [-0.2, -0.15) is 5.26 Å². The van der Waals surface area contributed by atoms with Gasteiger partial charge in [0.2, 0.25) is 11.8 Å². The standard InChI is InChI=1S/C19H18ClN3O2/c1-14(24)23(10-9-15-5-4-7-17(20)11-15)13-19(25)22-18-8-3-2-6-16(18)12-21/h2-8,11H,9-10,13H2,1H3,(H,22,25). The van der Waals surface area contributed by atoms with Gasteiger partial charge in [-0.15, -0.1) is 0 Å². The van der Waals surface area contributed by atoms with Gasteiger partial charge in [-0.25, -0.2) is 0 Å². The lowest BCUT2D eigenvalue weighted by atomic mass is 10.1. The first-order valence-electron chi connectivity index (χ1n) is 7.78. The molecule has 0 unspecified atom stereocenters. The minimum atomic E-state index is -0.344. The monoisotopic (exact) mass is 355 g/mol. The van der Waals surface area contributed by atoms with Gasteiger partial charge in [0.15, 0.2) is 0 Å². The average Bonchev–Trinajstić information content (AvgIpc) is 2.59. The zero-order valence-electron chi connectivity index (χ0n) is 13.8. The molecule has 6 heteroatoms. The lowest BCUT2D eigenvalue weighted by Gasteiger charge is -2.20. The van der Waals surface area contributed by atoms with Crippen molar-refractivity contribution >= 4 is 29.1 Å². The molecule has 0 heterocycles. The van der Waals surface area contributed by atoms with E-state index in [-0.39, 0.29) is 18.4 Å². The van der Waals surface area contributed by atoms with Crippen LogP contribution in [-0.4, -0.2) is 29.8 Å². The molecule has 25 heavy (non-hydrogen) atoms. The van der Waals surface area contributed by atoms with Crippen LogP contribution in [-0.2, 0) is 16.0 Å². The smallest absolute Gasteiger partial charge is 0.244 e. The van der Waals surface area contributed by atoms with Crippen molar-refractivity contribution in [2.24, 2.45) is 0 Å². The molecule has 2 aromatic carbocycles. The quantitative estimate of drug-likeness (QED) is 0.864. The highest BCUT2D eigenvalue weighted by Crippen LogP contribution is 2.14. The average molecular weight is 356 g/mol. The second-order valence-electron chi connectivity index (χ2n) is 5.53. The van der Waals surface area contributed by atoms with E-state index in [0.717, 1.165) is 5.56 Å². The Balaban J connectivity index is 1.97. The van der Waals surface area contributed by atoms with E-state index in [1.807, 2.05) is 24.3 Å². The van der Waals surface area contributed by atoms with Gasteiger partial charge >= 0.3 is 0 Å². The van der Waals surface area contributed by atoms with Crippen LogP contribution in [0.2, 0.25) is 5.02 Å². The van der Waals surface area contributed by atoms with Crippen LogP contribution < -0.4 is 5.32 Å². The van der Waals surface area contributed by atoms with Crippen LogP contribution >= 0.6 is 11.6 Å². The second-order valence-corrected chi connectivity index (χ2v) is 5.96. The van der Waals surface area contributed by atoms with Gasteiger partial charge in [-0.3, -0.25) is 9.59 Å². The maximum absolute atomic E-state index is 12.2. The molecule has 0 aromatic heterocycles. The fraction of sp³-hybridized carbons (Fsp3) is 0.211. The SMILES string of the molecule is CC(=O)N(CCc1cccc(Cl)c1)CC(=O)Nc1ccccc1C#N. The summed E-state index contributed by atoms with van der Waals surface area (Å²) in [5.41, 5.74) is 1.81. The summed E-state index contributed by atoms with van der Waals surface area (Å²) in [5.74, 6) is -0.533. The number of amides is 2. The summed E-state index contributed by atoms with van der Waals surface area (Å²) in [4.78, 5) is 25.5. The van der Waals surface area contributed by atoms with Crippen LogP contribution in [0.5, 0.6) is 0 Å². The van der Waals surface area contributed by atoms with Gasteiger partial charge in [0.05, 0.1) is 17.8 Å². The van der Waals surface area contributed by atoms with Gasteiger partial charge in [0.25, 0.3) is 0 Å². The second kappa shape index (κ2) is 8.86. The molecule has 0 atom stereocenters. The third-order valence-corrected chi connectivity index (χ3v) is 3.90. The van der Waals surface area contributed by atoms with Crippen LogP contribution in [0, 0.1) is 11.3 Å². The fourth-order valence-electron chi connectivity index (χ4n) is 2.36. The molecule has 0 fully saturated rings. The van der Waals surface area contributed by atoms with Crippen LogP contribution in [0.4, 0.5) is 5.69 Å². The van der Waals surface area contributed by atoms with Gasteiger partial charge < -0.3 is 10.2 Å². The summed E-state index contributed by atoms with van der Waals surface area (Å²) in [5, 5.41) is 12.4. The first-order valence-corrected chi connectivity index (χ1v) is 8.16. The van der Waals surface area contributed by atoms with Crippen molar-refractivity contribution in [3.05, 3.63) is 64.7 Å². The normalized spacial score (nSPS) is 9.96. The number of carbonyl (C=O) groups is 2. The Kier molecular flexibility index (Phi) is 6.55. The third kappa shape index (κ3) is 5.63. The molecule has 0 saturated heterocycles. The van der Waals surface area contributed by atoms with Crippen molar-refractivity contribution in [2.45, 2.75) is 13.3 Å². The molecule has 0 bridgehead atoms. The number of hydrogen-bond acceptors (Lipinski definition) is 3. The molecule has 2 amide bonds. The van der Waals surface area contributed by atoms with Crippen molar-refractivity contribution in [3.63, 3.8) is 0 Å². The number of halogens is 1. The van der Waals surface area contributed by atoms with Crippen molar-refractivity contribution < 1.29 is 9.59 Å². The Morgan fingerprint density at radius 1 is 1.20 bits per heavy atom. The third-order valence-electron chi connectivity index (χ3n) is 3.66. The topological polar surface area (TPSA) is 73.2 Å². The molecule has 128 valence electrons. The van der Waals surface area contributed by atoms with Crippen LogP contribution in [0.1, 0.15) is 18.1 Å². The molecule has 0 saturated carbocycles. The van der Waals surface area contributed by atoms with Crippen LogP contribution in [0.15, 0.2) is 48.5 Å². The van der Waals surface area contributed by atoms with Crippen molar-refractivity contribution in [1.29, 1.82) is 5.26 Å². The lowest BCUT2D eigenvalue weighted by Crippen LogP contribution is -2.38. The minimum Gasteiger partial charge on any atom is -0.333 e. The lowest BCUT2D eigenvalue weighted by molar-refractivity contribution is -0.132. The van der Waals surface area contributed by atoms with E-state index < -0.39 is 0 Å². The van der Waals surface area contributed by atoms with E-state index in [1.54, 1.807) is 30.3 Å². The summed E-state index contributed by atoms with van der Waals surface area (Å²) >= 11 is 5.95. The summed E-state index contributed by atoms with van der Waals surface area (Å²) < 4.78 is 0. The van der Waals surface area contributed by atoms with E-state index in [2.05, 4.69) is 5.32 Å². The highest BCUT2D eigenvalue weighted by atomic mass is 35.5. The van der Waals surface area contributed by atoms with Crippen molar-refractivity contribution in [2.75, 3.05) is 18.4 Å². The molecule has 5 nitrogen and oxygen atoms in total. The summed E-state index contributed by atoms with van der Waals surface area (Å²) in [6.45, 7) is 1.76. The Morgan fingerprint density at radius 3 is 2.64 bits per heavy atom. The maximum Gasteiger partial charge on any atom is 0.244 e. The number of nitrogens with zero attached hydrogens (tertiary/aromatic N) is 2. The van der Waals surface area contributed by atoms with E-state index in [9.17, 15) is 9.59 Å². The summed E-state index contributed by atoms with van der Waals surface area (Å²) in [7, 11) is 0. The largest absolute Gasteiger partial charge is 0.333 e. The zero-order valence-corrected chi connectivity index (χ0v) is 14.6. The van der Waals surface area contributed by atoms with E-state index >= 15 is 0 Å². The van der Waals surface area contributed by atoms with Crippen LogP contribution in [0.3, 0.4) is 0 Å². The molecule has 0 aliphatic heterocycles. The number of carbonyl (C=O) groups excluding carboxylic acids is 2. The number of anilines is 1. The molecule has 0 spiro atoms. The Morgan fingerprint density at radius 2 is 1.96 bits per heavy atom. The predicted molar refractivity (Wildman–Crippen MR) is 97.2 cm³/mol. The number of nitriles is 1. The molecule has 0 aliphatic carbocycles. The van der Waals surface area contributed by atoms with E-state index in [4.69, 9.17) is 16.9 Å². The first-order chi connectivity index (χ1) is 12.0. The summed E-state index contributed by atoms with van der Waals surface area (Å²) in [6, 6.07) is 16.1. The summed E-state index contributed by atoms with van der Waals surface area (Å²) in [6.07, 6.45) is 0.599. The van der Waals surface area contributed by atoms with Gasteiger partial charge in [0.1, 0.15) is 6.07 Å². The van der Waals surface area contributed by atoms with Gasteiger partial charge in [-0.05, 0) is 36.2 Å². The molecular formula is C19H18ClN3O2. The van der Waals surface area contributed by atoms with Gasteiger partial charge in [0, 0.05) is 18.5 Å².